The number of nitrogens with two attached hydrogens (primary N) is 1. The van der Waals surface area contributed by atoms with E-state index in [-0.39, 0.29) is 22.4 Å². The van der Waals surface area contributed by atoms with Gasteiger partial charge in [0.05, 0.1) is 10.7 Å². The van der Waals surface area contributed by atoms with Crippen LogP contribution >= 0.6 is 11.6 Å². The van der Waals surface area contributed by atoms with Crippen LogP contribution in [0.4, 0.5) is 10.3 Å². The molecule has 6 nitrogen and oxygen atoms in total. The zero-order valence-corrected chi connectivity index (χ0v) is 15.1. The number of halogens is 2. The van der Waals surface area contributed by atoms with E-state index in [1.54, 1.807) is 24.4 Å². The van der Waals surface area contributed by atoms with E-state index < -0.39 is 5.82 Å². The first-order valence-electron chi connectivity index (χ1n) is 8.59. The maximum Gasteiger partial charge on any atom is 0.270 e. The van der Waals surface area contributed by atoms with Gasteiger partial charge in [-0.3, -0.25) is 4.79 Å². The number of nitrogens with zero attached hydrogens (tertiary/aromatic N) is 3. The van der Waals surface area contributed by atoms with Crippen LogP contribution in [0.25, 0.3) is 22.4 Å². The SMILES string of the molecule is Nc1ncc(-c2cccc(Cl)c2F)c(-c2c[nH]c(C(=O)N3CCCC3)c2)n1. The Labute approximate surface area is 160 Å². The second-order valence-electron chi connectivity index (χ2n) is 6.39. The smallest absolute Gasteiger partial charge is 0.270 e. The van der Waals surface area contributed by atoms with Crippen molar-refractivity contribution in [2.75, 3.05) is 18.8 Å². The first kappa shape index (κ1) is 17.5. The molecule has 3 aromatic rings. The number of amides is 1. The molecule has 27 heavy (non-hydrogen) atoms. The number of H-pyrrole nitrogens is 1. The first-order chi connectivity index (χ1) is 13.0. The van der Waals surface area contributed by atoms with Crippen molar-refractivity contribution >= 4 is 23.5 Å². The Hall–Kier alpha value is -2.93. The Kier molecular flexibility index (Phi) is 4.53. The van der Waals surface area contributed by atoms with E-state index in [4.69, 9.17) is 17.3 Å². The highest BCUT2D eigenvalue weighted by molar-refractivity contribution is 6.31. The second-order valence-corrected chi connectivity index (χ2v) is 6.80. The summed E-state index contributed by atoms with van der Waals surface area (Å²) in [5, 5.41) is 0.00856. The largest absolute Gasteiger partial charge is 0.368 e. The number of aromatic amines is 1. The molecule has 0 atom stereocenters. The Morgan fingerprint density at radius 3 is 2.81 bits per heavy atom. The van der Waals surface area contributed by atoms with Crippen molar-refractivity contribution in [2.45, 2.75) is 12.8 Å². The second kappa shape index (κ2) is 7.00. The molecular weight excluding hydrogens is 369 g/mol. The van der Waals surface area contributed by atoms with Crippen LogP contribution in [0, 0.1) is 5.82 Å². The lowest BCUT2D eigenvalue weighted by Crippen LogP contribution is -2.27. The maximum absolute atomic E-state index is 14.5. The van der Waals surface area contributed by atoms with Crippen LogP contribution in [0.3, 0.4) is 0 Å². The highest BCUT2D eigenvalue weighted by Gasteiger charge is 2.22. The van der Waals surface area contributed by atoms with Crippen molar-refractivity contribution < 1.29 is 9.18 Å². The van der Waals surface area contributed by atoms with E-state index >= 15 is 0 Å². The van der Waals surface area contributed by atoms with Gasteiger partial charge in [-0.15, -0.1) is 0 Å². The number of hydrogen-bond donors (Lipinski definition) is 2. The zero-order valence-electron chi connectivity index (χ0n) is 14.4. The fraction of sp³-hybridized carbons (Fsp3) is 0.211. The molecule has 3 heterocycles. The molecule has 0 saturated carbocycles. The molecule has 138 valence electrons. The van der Waals surface area contributed by atoms with Crippen LogP contribution < -0.4 is 5.73 Å². The van der Waals surface area contributed by atoms with Gasteiger partial charge in [0.15, 0.2) is 0 Å². The summed E-state index contributed by atoms with van der Waals surface area (Å²) >= 11 is 5.91. The standard InChI is InChI=1S/C19H17ClFN5O/c20-14-5-3-4-12(16(14)21)13-10-24-19(22)25-17(13)11-8-15(23-9-11)18(27)26-6-1-2-7-26/h3-5,8-10,23H,1-2,6-7H2,(H2,22,24,25). The van der Waals surface area contributed by atoms with Crippen molar-refractivity contribution in [3.63, 3.8) is 0 Å². The highest BCUT2D eigenvalue weighted by Crippen LogP contribution is 2.34. The van der Waals surface area contributed by atoms with Crippen LogP contribution in [0.1, 0.15) is 23.3 Å². The first-order valence-corrected chi connectivity index (χ1v) is 8.97. The molecule has 1 amide bonds. The van der Waals surface area contributed by atoms with Gasteiger partial charge in [-0.25, -0.2) is 14.4 Å². The van der Waals surface area contributed by atoms with Crippen LogP contribution in [0.15, 0.2) is 36.7 Å². The minimum Gasteiger partial charge on any atom is -0.368 e. The number of benzene rings is 1. The minimum absolute atomic E-state index is 0.00856. The molecule has 3 N–H and O–H groups in total. The Balaban J connectivity index is 1.77. The van der Waals surface area contributed by atoms with Gasteiger partial charge in [0.25, 0.3) is 5.91 Å². The molecule has 4 rings (SSSR count). The Morgan fingerprint density at radius 1 is 1.26 bits per heavy atom. The van der Waals surface area contributed by atoms with Gasteiger partial charge in [0.2, 0.25) is 5.95 Å². The number of carbonyl (C=O) groups excluding carboxylic acids is 1. The van der Waals surface area contributed by atoms with Crippen LogP contribution in [0.5, 0.6) is 0 Å². The summed E-state index contributed by atoms with van der Waals surface area (Å²) in [6.07, 6.45) is 5.15. The van der Waals surface area contributed by atoms with Gasteiger partial charge in [0.1, 0.15) is 11.5 Å². The van der Waals surface area contributed by atoms with Crippen molar-refractivity contribution in [1.29, 1.82) is 0 Å². The molecule has 1 aromatic carbocycles. The summed E-state index contributed by atoms with van der Waals surface area (Å²) in [6.45, 7) is 1.51. The monoisotopic (exact) mass is 385 g/mol. The van der Waals surface area contributed by atoms with Gasteiger partial charge in [-0.05, 0) is 25.0 Å². The Bertz CT molecular complexity index is 1010. The summed E-state index contributed by atoms with van der Waals surface area (Å²) in [5.41, 5.74) is 7.98. The zero-order chi connectivity index (χ0) is 19.0. The highest BCUT2D eigenvalue weighted by atomic mass is 35.5. The molecular formula is C19H17ClFN5O. The molecule has 0 unspecified atom stereocenters. The van der Waals surface area contributed by atoms with Gasteiger partial charge >= 0.3 is 0 Å². The van der Waals surface area contributed by atoms with Crippen molar-refractivity contribution in [1.82, 2.24) is 19.9 Å². The van der Waals surface area contributed by atoms with Gasteiger partial charge in [-0.2, -0.15) is 0 Å². The average molecular weight is 386 g/mol. The third kappa shape index (κ3) is 3.26. The molecule has 1 fully saturated rings. The van der Waals surface area contributed by atoms with Gasteiger partial charge in [-0.1, -0.05) is 23.7 Å². The van der Waals surface area contributed by atoms with E-state index in [1.165, 1.54) is 12.3 Å². The fourth-order valence-corrected chi connectivity index (χ4v) is 3.44. The minimum atomic E-state index is -0.558. The summed E-state index contributed by atoms with van der Waals surface area (Å²) in [5.74, 6) is -0.557. The molecule has 0 radical (unpaired) electrons. The fourth-order valence-electron chi connectivity index (χ4n) is 3.27. The summed E-state index contributed by atoms with van der Waals surface area (Å²) in [7, 11) is 0. The maximum atomic E-state index is 14.5. The molecule has 0 spiro atoms. The predicted octanol–water partition coefficient (Wildman–Crippen LogP) is 3.75. The topological polar surface area (TPSA) is 87.9 Å². The van der Waals surface area contributed by atoms with Crippen LogP contribution in [-0.4, -0.2) is 38.8 Å². The van der Waals surface area contributed by atoms with E-state index in [2.05, 4.69) is 15.0 Å². The number of carbonyl (C=O) groups is 1. The molecule has 1 saturated heterocycles. The molecule has 0 bridgehead atoms. The quantitative estimate of drug-likeness (QED) is 0.718. The van der Waals surface area contributed by atoms with E-state index in [1.807, 2.05) is 4.90 Å². The van der Waals surface area contributed by atoms with Gasteiger partial charge in [0, 0.05) is 42.2 Å². The van der Waals surface area contributed by atoms with Crippen molar-refractivity contribution in [3.8, 4) is 22.4 Å². The molecule has 1 aliphatic heterocycles. The molecule has 1 aliphatic rings. The number of anilines is 1. The molecule has 2 aromatic heterocycles. The number of rotatable bonds is 3. The average Bonchev–Trinajstić information content (AvgIpc) is 3.36. The summed E-state index contributed by atoms with van der Waals surface area (Å²) in [6, 6.07) is 6.43. The number of hydrogen-bond acceptors (Lipinski definition) is 4. The van der Waals surface area contributed by atoms with Crippen LogP contribution in [-0.2, 0) is 0 Å². The normalized spacial score (nSPS) is 13.9. The van der Waals surface area contributed by atoms with E-state index in [0.717, 1.165) is 25.9 Å². The van der Waals surface area contributed by atoms with E-state index in [9.17, 15) is 9.18 Å². The summed E-state index contributed by atoms with van der Waals surface area (Å²) < 4.78 is 14.5. The number of nitrogen functional groups attached to an aromatic ring is 1. The number of nitrogens with one attached hydrogen (secondary N) is 1. The number of aromatic nitrogens is 3. The summed E-state index contributed by atoms with van der Waals surface area (Å²) in [4.78, 5) is 25.6. The van der Waals surface area contributed by atoms with Gasteiger partial charge < -0.3 is 15.6 Å². The third-order valence-electron chi connectivity index (χ3n) is 4.63. The lowest BCUT2D eigenvalue weighted by atomic mass is 10.0. The Morgan fingerprint density at radius 2 is 2.04 bits per heavy atom. The third-order valence-corrected chi connectivity index (χ3v) is 4.92. The van der Waals surface area contributed by atoms with Crippen LogP contribution in [0.2, 0.25) is 5.02 Å². The molecule has 8 heteroatoms. The number of likely N-dealkylation sites (tertiary alicyclic amines) is 1. The lowest BCUT2D eigenvalue weighted by Gasteiger charge is -2.13. The van der Waals surface area contributed by atoms with E-state index in [0.29, 0.717) is 22.5 Å². The lowest BCUT2D eigenvalue weighted by molar-refractivity contribution is 0.0788. The van der Waals surface area contributed by atoms with Crippen molar-refractivity contribution in [3.05, 3.63) is 53.2 Å². The molecule has 0 aliphatic carbocycles. The predicted molar refractivity (Wildman–Crippen MR) is 102 cm³/mol. The van der Waals surface area contributed by atoms with Crippen molar-refractivity contribution in [2.24, 2.45) is 0 Å².